The zero-order valence-corrected chi connectivity index (χ0v) is 8.73. The maximum atomic E-state index is 10.6. The molecule has 1 aromatic rings. The summed E-state index contributed by atoms with van der Waals surface area (Å²) in [5.41, 5.74) is 1.59. The van der Waals surface area contributed by atoms with Crippen LogP contribution in [0, 0.1) is 6.92 Å². The molecule has 4 heteroatoms. The van der Waals surface area contributed by atoms with Crippen molar-refractivity contribution >= 4 is 5.97 Å². The van der Waals surface area contributed by atoms with Crippen LogP contribution < -0.4 is 4.74 Å². The number of aliphatic hydroxyl groups excluding tert-OH is 1. The van der Waals surface area contributed by atoms with Crippen molar-refractivity contribution in [2.75, 3.05) is 0 Å². The summed E-state index contributed by atoms with van der Waals surface area (Å²) in [7, 11) is 0. The summed E-state index contributed by atoms with van der Waals surface area (Å²) in [5.74, 6) is -0.470. The largest absolute Gasteiger partial charge is 0.479 e. The van der Waals surface area contributed by atoms with Gasteiger partial charge >= 0.3 is 5.97 Å². The molecule has 15 heavy (non-hydrogen) atoms. The van der Waals surface area contributed by atoms with Crippen LogP contribution in [0.15, 0.2) is 18.2 Å². The Balaban J connectivity index is 2.82. The Labute approximate surface area is 88.1 Å². The lowest BCUT2D eigenvalue weighted by Gasteiger charge is -2.13. The van der Waals surface area contributed by atoms with Crippen molar-refractivity contribution < 1.29 is 19.7 Å². The molecule has 0 bridgehead atoms. The molecule has 82 valence electrons. The lowest BCUT2D eigenvalue weighted by atomic mass is 10.1. The number of carboxylic acids is 1. The predicted molar refractivity (Wildman–Crippen MR) is 54.8 cm³/mol. The van der Waals surface area contributed by atoms with E-state index in [0.29, 0.717) is 5.75 Å². The second-order valence-electron chi connectivity index (χ2n) is 3.36. The number of rotatable bonds is 4. The number of hydrogen-bond acceptors (Lipinski definition) is 3. The first-order valence-electron chi connectivity index (χ1n) is 4.64. The average Bonchev–Trinajstić information content (AvgIpc) is 2.20. The Hall–Kier alpha value is -1.55. The van der Waals surface area contributed by atoms with Gasteiger partial charge in [0.25, 0.3) is 0 Å². The molecule has 1 atom stereocenters. The van der Waals surface area contributed by atoms with Gasteiger partial charge < -0.3 is 14.9 Å². The Morgan fingerprint density at radius 1 is 1.53 bits per heavy atom. The molecule has 0 saturated heterocycles. The molecule has 0 heterocycles. The van der Waals surface area contributed by atoms with Crippen LogP contribution in [0.5, 0.6) is 5.75 Å². The zero-order valence-electron chi connectivity index (χ0n) is 8.73. The first-order valence-corrected chi connectivity index (χ1v) is 4.64. The molecule has 0 aliphatic carbocycles. The molecule has 0 aromatic heterocycles. The summed E-state index contributed by atoms with van der Waals surface area (Å²) in [6.45, 7) is 3.25. The third-order valence-corrected chi connectivity index (χ3v) is 2.07. The van der Waals surface area contributed by atoms with Gasteiger partial charge in [0.15, 0.2) is 6.10 Å². The average molecular weight is 210 g/mol. The molecule has 0 spiro atoms. The number of aliphatic hydroxyl groups is 1. The van der Waals surface area contributed by atoms with Gasteiger partial charge in [0.05, 0.1) is 6.61 Å². The van der Waals surface area contributed by atoms with E-state index in [4.69, 9.17) is 14.9 Å². The van der Waals surface area contributed by atoms with E-state index >= 15 is 0 Å². The van der Waals surface area contributed by atoms with Gasteiger partial charge in [0, 0.05) is 0 Å². The molecule has 1 aromatic carbocycles. The number of ether oxygens (including phenoxy) is 1. The molecule has 0 saturated carbocycles. The Morgan fingerprint density at radius 3 is 2.67 bits per heavy atom. The van der Waals surface area contributed by atoms with E-state index in [2.05, 4.69) is 0 Å². The van der Waals surface area contributed by atoms with Gasteiger partial charge in [-0.25, -0.2) is 4.79 Å². The van der Waals surface area contributed by atoms with Gasteiger partial charge in [-0.2, -0.15) is 0 Å². The Kier molecular flexibility index (Phi) is 3.68. The molecule has 0 aliphatic heterocycles. The number of aliphatic carboxylic acids is 1. The van der Waals surface area contributed by atoms with Crippen molar-refractivity contribution in [2.45, 2.75) is 26.6 Å². The molecule has 0 fully saturated rings. The van der Waals surface area contributed by atoms with E-state index in [0.717, 1.165) is 11.1 Å². The number of benzene rings is 1. The molecule has 2 N–H and O–H groups in total. The van der Waals surface area contributed by atoms with Gasteiger partial charge in [0.1, 0.15) is 5.75 Å². The fourth-order valence-corrected chi connectivity index (χ4v) is 1.18. The highest BCUT2D eigenvalue weighted by Gasteiger charge is 2.13. The first-order chi connectivity index (χ1) is 7.04. The summed E-state index contributed by atoms with van der Waals surface area (Å²) in [6.07, 6.45) is -0.872. The molecular weight excluding hydrogens is 196 g/mol. The van der Waals surface area contributed by atoms with Crippen molar-refractivity contribution in [1.29, 1.82) is 0 Å². The van der Waals surface area contributed by atoms with Crippen LogP contribution in [-0.2, 0) is 11.4 Å². The first kappa shape index (κ1) is 11.5. The normalized spacial score (nSPS) is 12.2. The Morgan fingerprint density at radius 2 is 2.20 bits per heavy atom. The van der Waals surface area contributed by atoms with Crippen LogP contribution >= 0.6 is 0 Å². The number of carbonyl (C=O) groups is 1. The third kappa shape index (κ3) is 2.95. The van der Waals surface area contributed by atoms with E-state index in [-0.39, 0.29) is 6.61 Å². The van der Waals surface area contributed by atoms with E-state index in [9.17, 15) is 4.79 Å². The lowest BCUT2D eigenvalue weighted by molar-refractivity contribution is -0.144. The van der Waals surface area contributed by atoms with Crippen molar-refractivity contribution in [1.82, 2.24) is 0 Å². The van der Waals surface area contributed by atoms with Crippen molar-refractivity contribution in [3.8, 4) is 5.75 Å². The summed E-state index contributed by atoms with van der Waals surface area (Å²) in [5, 5.41) is 17.6. The van der Waals surface area contributed by atoms with Crippen LogP contribution in [-0.4, -0.2) is 22.3 Å². The van der Waals surface area contributed by atoms with Crippen molar-refractivity contribution in [2.24, 2.45) is 0 Å². The quantitative estimate of drug-likeness (QED) is 0.787. The second-order valence-corrected chi connectivity index (χ2v) is 3.36. The van der Waals surface area contributed by atoms with E-state index in [1.54, 1.807) is 18.2 Å². The van der Waals surface area contributed by atoms with Gasteiger partial charge in [0.2, 0.25) is 0 Å². The van der Waals surface area contributed by atoms with Gasteiger partial charge in [-0.1, -0.05) is 12.1 Å². The minimum absolute atomic E-state index is 0.0321. The van der Waals surface area contributed by atoms with E-state index in [1.807, 2.05) is 6.92 Å². The minimum Gasteiger partial charge on any atom is -0.479 e. The van der Waals surface area contributed by atoms with Crippen molar-refractivity contribution in [3.05, 3.63) is 29.3 Å². The number of aryl methyl sites for hydroxylation is 1. The fourth-order valence-electron chi connectivity index (χ4n) is 1.18. The minimum atomic E-state index is -0.999. The van der Waals surface area contributed by atoms with Crippen LogP contribution in [0.4, 0.5) is 0 Å². The van der Waals surface area contributed by atoms with Crippen LogP contribution in [0.3, 0.4) is 0 Å². The van der Waals surface area contributed by atoms with Gasteiger partial charge in [-0.15, -0.1) is 0 Å². The highest BCUT2D eigenvalue weighted by atomic mass is 16.5. The smallest absolute Gasteiger partial charge is 0.344 e. The maximum absolute atomic E-state index is 10.6. The maximum Gasteiger partial charge on any atom is 0.344 e. The third-order valence-electron chi connectivity index (χ3n) is 2.07. The second kappa shape index (κ2) is 4.79. The van der Waals surface area contributed by atoms with Crippen LogP contribution in [0.2, 0.25) is 0 Å². The standard InChI is InChI=1S/C11H14O4/c1-7-5-9(6-12)3-4-10(7)15-8(2)11(13)14/h3-5,8,12H,6H2,1-2H3,(H,13,14). The molecular formula is C11H14O4. The van der Waals surface area contributed by atoms with Gasteiger partial charge in [-0.05, 0) is 31.0 Å². The molecule has 1 unspecified atom stereocenters. The highest BCUT2D eigenvalue weighted by Crippen LogP contribution is 2.20. The van der Waals surface area contributed by atoms with Gasteiger partial charge in [-0.3, -0.25) is 0 Å². The Bertz CT molecular complexity index is 360. The van der Waals surface area contributed by atoms with E-state index in [1.165, 1.54) is 6.92 Å². The molecule has 0 aliphatic rings. The molecule has 4 nitrogen and oxygen atoms in total. The molecule has 0 amide bonds. The summed E-state index contributed by atoms with van der Waals surface area (Å²) >= 11 is 0. The summed E-state index contributed by atoms with van der Waals surface area (Å²) in [4.78, 5) is 10.6. The SMILES string of the molecule is Cc1cc(CO)ccc1OC(C)C(=O)O. The van der Waals surface area contributed by atoms with E-state index < -0.39 is 12.1 Å². The number of hydrogen-bond donors (Lipinski definition) is 2. The highest BCUT2D eigenvalue weighted by molar-refractivity contribution is 5.72. The molecule has 1 rings (SSSR count). The van der Waals surface area contributed by atoms with Crippen molar-refractivity contribution in [3.63, 3.8) is 0 Å². The lowest BCUT2D eigenvalue weighted by Crippen LogP contribution is -2.23. The monoisotopic (exact) mass is 210 g/mol. The zero-order chi connectivity index (χ0) is 11.4. The fraction of sp³-hybridized carbons (Fsp3) is 0.364. The molecule has 0 radical (unpaired) electrons. The predicted octanol–water partition coefficient (Wildman–Crippen LogP) is 1.34. The summed E-state index contributed by atoms with van der Waals surface area (Å²) < 4.78 is 5.22. The van der Waals surface area contributed by atoms with Crippen LogP contribution in [0.1, 0.15) is 18.1 Å². The summed E-state index contributed by atoms with van der Waals surface area (Å²) in [6, 6.07) is 5.14. The number of carboxylic acid groups (broad SMARTS) is 1. The van der Waals surface area contributed by atoms with Crippen LogP contribution in [0.25, 0.3) is 0 Å². The topological polar surface area (TPSA) is 66.8 Å².